The minimum atomic E-state index is -0.104. The second kappa shape index (κ2) is 26.5. The van der Waals surface area contributed by atoms with Gasteiger partial charge >= 0.3 is 19.5 Å². The monoisotopic (exact) mass is 1280 g/mol. The van der Waals surface area contributed by atoms with E-state index >= 15 is 0 Å². The summed E-state index contributed by atoms with van der Waals surface area (Å²) >= 11 is 0. The maximum atomic E-state index is 6.36. The van der Waals surface area contributed by atoms with Crippen molar-refractivity contribution in [2.75, 3.05) is 36.9 Å². The Morgan fingerprint density at radius 3 is 1.41 bits per heavy atom. The van der Waals surface area contributed by atoms with Gasteiger partial charge in [0.05, 0.1) is 59.1 Å². The second-order valence-corrected chi connectivity index (χ2v) is 22.7. The van der Waals surface area contributed by atoms with Crippen LogP contribution in [0.4, 0.5) is 11.4 Å². The smallest absolute Gasteiger partial charge is 0.494 e. The van der Waals surface area contributed by atoms with Gasteiger partial charge in [-0.1, -0.05) is 152 Å². The molecule has 0 saturated carbocycles. The maximum Gasteiger partial charge on any atom is 2.00 e. The number of fused-ring (bicyclic) bond motifs is 14. The Kier molecular flexibility index (Phi) is 16.9. The molecule has 11 aromatic rings. The molecule has 5 aliphatic rings. The first-order chi connectivity index (χ1) is 44.6. The number of unbranched alkanes of at least 4 members (excludes halogenated alkanes) is 2. The van der Waals surface area contributed by atoms with E-state index in [1.807, 2.05) is 48.5 Å². The number of anilines is 2. The molecule has 0 saturated heterocycles. The van der Waals surface area contributed by atoms with E-state index in [1.165, 1.54) is 11.1 Å². The van der Waals surface area contributed by atoms with Gasteiger partial charge in [-0.05, 0) is 139 Å². The zero-order valence-electron chi connectivity index (χ0n) is 49.9. The molecule has 13 heteroatoms. The van der Waals surface area contributed by atoms with Crippen LogP contribution in [0.1, 0.15) is 64.0 Å². The average molecular weight is 1280 g/mol. The van der Waals surface area contributed by atoms with Gasteiger partial charge in [0.15, 0.2) is 0 Å². The molecule has 2 unspecified atom stereocenters. The van der Waals surface area contributed by atoms with Crippen molar-refractivity contribution < 1.29 is 29.0 Å². The van der Waals surface area contributed by atoms with Gasteiger partial charge in [0.25, 0.3) is 0 Å². The van der Waals surface area contributed by atoms with Crippen molar-refractivity contribution >= 4 is 56.9 Å². The summed E-state index contributed by atoms with van der Waals surface area (Å²) in [5, 5.41) is 17.2. The first kappa shape index (κ1) is 58.0. The number of nitrogens with one attached hydrogen (secondary N) is 7. The third-order valence-electron chi connectivity index (χ3n) is 17.0. The predicted molar refractivity (Wildman–Crippen MR) is 365 cm³/mol. The standard InChI is InChI=1S/C68H58N8O2.C10H8N2.Ru/c1-5-15-43(16-6-1)60-52-31-33-54(71-52)61(44-17-7-2-8-18-44)56-35-37-58(73-56)63(59-38-36-57(74-59)62(45-19-9-3-10-20-45)55-34-32-53(60)72-55)46-23-27-48(28-24-46)77-41-11-4-12-42-78-49-29-25-47(26-30-49)68-75-66-50-21-13-39-69-64(50)65-51(67(66)76-68)22-14-40-70-65;1-3-7-11-9(5-1)10-6-2-4-8-12-10;/h1-3,5-10,13-38,52,57,69-74H,4,11-12,39-42H2,(H,75,76);1-8H;/q;;+2/b60-53-,61-54-,62-55-,63-59-;;. The van der Waals surface area contributed by atoms with Crippen molar-refractivity contribution in [3.8, 4) is 34.3 Å². The first-order valence-electron chi connectivity index (χ1n) is 31.0. The number of pyridine rings is 2. The topological polar surface area (TPSA) is 153 Å². The number of aromatic nitrogens is 6. The molecule has 5 aromatic heterocycles. The third kappa shape index (κ3) is 12.2. The van der Waals surface area contributed by atoms with Crippen LogP contribution in [0.25, 0.3) is 68.3 Å². The molecule has 7 N–H and O–H groups in total. The van der Waals surface area contributed by atoms with Crippen molar-refractivity contribution in [2.45, 2.75) is 31.3 Å². The molecule has 6 aromatic carbocycles. The molecule has 446 valence electrons. The summed E-state index contributed by atoms with van der Waals surface area (Å²) in [6, 6.07) is 69.2. The number of aromatic amines is 3. The minimum Gasteiger partial charge on any atom is -0.494 e. The molecule has 8 bridgehead atoms. The Hall–Kier alpha value is -10.7. The van der Waals surface area contributed by atoms with E-state index in [9.17, 15) is 0 Å². The molecule has 0 spiro atoms. The number of H-pyrrole nitrogens is 3. The Labute approximate surface area is 541 Å². The number of allylic oxidation sites excluding steroid dienone is 2. The van der Waals surface area contributed by atoms with Crippen LogP contribution in [0, 0.1) is 0 Å². The van der Waals surface area contributed by atoms with E-state index in [0.29, 0.717) is 13.2 Å². The fourth-order valence-electron chi connectivity index (χ4n) is 12.7. The number of hydrogen-bond donors (Lipinski definition) is 7. The van der Waals surface area contributed by atoms with Crippen molar-refractivity contribution in [1.29, 1.82) is 0 Å². The summed E-state index contributed by atoms with van der Waals surface area (Å²) in [6.07, 6.45) is 24.1. The molecule has 0 fully saturated rings. The third-order valence-corrected chi connectivity index (χ3v) is 17.0. The number of ether oxygens (including phenoxy) is 2. The SMILES string of the molecule is C1=Cc2c(c3c(c4[nH]c(-c5ccc(OCCCCCOc6ccc(/C7=C8\C=CC(N8)/C(c8ccccc8)=c8/cc/c([nH]8)=C(\c8ccccc8)C8C=C/C(=C(\c9ccccc9)c9ccc7[nH]9)N8)cc6)cc5)nc24)C=CCN3)NC1.[Ru+2].c1ccc(-c2ccccn2)nc1. The van der Waals surface area contributed by atoms with E-state index < -0.39 is 0 Å². The van der Waals surface area contributed by atoms with Gasteiger partial charge in [-0.15, -0.1) is 0 Å². The van der Waals surface area contributed by atoms with E-state index in [2.05, 4.69) is 246 Å². The van der Waals surface area contributed by atoms with Crippen molar-refractivity contribution in [3.63, 3.8) is 0 Å². The van der Waals surface area contributed by atoms with Crippen LogP contribution in [0.5, 0.6) is 11.5 Å². The summed E-state index contributed by atoms with van der Waals surface area (Å²) in [5.41, 5.74) is 22.6. The second-order valence-electron chi connectivity index (χ2n) is 22.7. The van der Waals surface area contributed by atoms with Gasteiger partial charge in [0, 0.05) is 97.9 Å². The van der Waals surface area contributed by atoms with Crippen LogP contribution in [0.2, 0.25) is 0 Å². The average Bonchev–Trinajstić information content (AvgIpc) is 1.72. The van der Waals surface area contributed by atoms with Crippen molar-refractivity contribution in [2.24, 2.45) is 0 Å². The Morgan fingerprint density at radius 2 is 0.890 bits per heavy atom. The van der Waals surface area contributed by atoms with E-state index in [-0.39, 0.29) is 31.6 Å². The number of nitrogens with zero attached hydrogens (tertiary/aromatic N) is 3. The fourth-order valence-corrected chi connectivity index (χ4v) is 12.7. The molecule has 2 atom stereocenters. The molecule has 5 aliphatic heterocycles. The molecule has 12 nitrogen and oxygen atoms in total. The van der Waals surface area contributed by atoms with Gasteiger partial charge in [-0.2, -0.15) is 0 Å². The molecular weight excluding hydrogens is 1210 g/mol. The molecule has 91 heavy (non-hydrogen) atoms. The Balaban J connectivity index is 0.000000497. The zero-order chi connectivity index (χ0) is 60.0. The molecule has 0 aliphatic carbocycles. The number of benzene rings is 6. The zero-order valence-corrected chi connectivity index (χ0v) is 51.7. The molecule has 0 amide bonds. The maximum absolute atomic E-state index is 6.36. The van der Waals surface area contributed by atoms with Crippen LogP contribution < -0.4 is 41.4 Å². The van der Waals surface area contributed by atoms with Crippen LogP contribution in [-0.4, -0.2) is 68.3 Å². The van der Waals surface area contributed by atoms with Gasteiger partial charge in [0.2, 0.25) is 0 Å². The molecule has 0 radical (unpaired) electrons. The number of rotatable bonds is 14. The summed E-state index contributed by atoms with van der Waals surface area (Å²) < 4.78 is 12.6. The molecule has 10 heterocycles. The van der Waals surface area contributed by atoms with E-state index in [0.717, 1.165) is 167 Å². The summed E-state index contributed by atoms with van der Waals surface area (Å²) in [7, 11) is 0. The molecular formula is C78H66N10O2Ru+2. The minimum absolute atomic E-state index is 0. The molecule has 16 rings (SSSR count). The van der Waals surface area contributed by atoms with Crippen molar-refractivity contribution in [3.05, 3.63) is 316 Å². The predicted octanol–water partition coefficient (Wildman–Crippen LogP) is 14.2. The first-order valence-corrected chi connectivity index (χ1v) is 31.0. The summed E-state index contributed by atoms with van der Waals surface area (Å²) in [4.78, 5) is 24.9. The van der Waals surface area contributed by atoms with Crippen molar-refractivity contribution in [1.82, 2.24) is 40.5 Å². The summed E-state index contributed by atoms with van der Waals surface area (Å²) in [6.45, 7) is 2.88. The van der Waals surface area contributed by atoms with Gasteiger partial charge in [-0.25, -0.2) is 4.98 Å². The Bertz CT molecular complexity index is 4620. The Morgan fingerprint density at radius 1 is 0.418 bits per heavy atom. The van der Waals surface area contributed by atoms with E-state index in [4.69, 9.17) is 14.5 Å². The van der Waals surface area contributed by atoms with E-state index in [1.54, 1.807) is 12.4 Å². The van der Waals surface area contributed by atoms with Crippen LogP contribution in [-0.2, 0) is 19.5 Å². The van der Waals surface area contributed by atoms with Gasteiger partial charge in [-0.3, -0.25) is 9.97 Å². The van der Waals surface area contributed by atoms with Gasteiger partial charge < -0.3 is 45.7 Å². The van der Waals surface area contributed by atoms with Crippen LogP contribution in [0.15, 0.2) is 260 Å². The normalized spacial score (nSPS) is 18.5. The number of imidazole rings is 1. The largest absolute Gasteiger partial charge is 2.00 e. The number of hydrogen-bond acceptors (Lipinski definition) is 9. The van der Waals surface area contributed by atoms with Crippen LogP contribution in [0.3, 0.4) is 0 Å². The summed E-state index contributed by atoms with van der Waals surface area (Å²) in [5.74, 6) is 2.54. The quantitative estimate of drug-likeness (QED) is 0.0417. The van der Waals surface area contributed by atoms with Crippen LogP contribution >= 0.6 is 0 Å². The fraction of sp³-hybridized carbons (Fsp3) is 0.115. The van der Waals surface area contributed by atoms with Gasteiger partial charge in [0.1, 0.15) is 17.3 Å².